The third-order valence-corrected chi connectivity index (χ3v) is 3.34. The predicted molar refractivity (Wildman–Crippen MR) is 83.0 cm³/mol. The summed E-state index contributed by atoms with van der Waals surface area (Å²) in [5, 5.41) is 4.54. The summed E-state index contributed by atoms with van der Waals surface area (Å²) in [6, 6.07) is 7.98. The smallest absolute Gasteiger partial charge is 0.312 e. The Labute approximate surface area is 125 Å². The van der Waals surface area contributed by atoms with Gasteiger partial charge in [-0.2, -0.15) is 5.10 Å². The number of carbonyl (C=O) groups excluding carboxylic acids is 1. The van der Waals surface area contributed by atoms with Crippen LogP contribution in [-0.2, 0) is 11.2 Å². The van der Waals surface area contributed by atoms with Gasteiger partial charge in [-0.3, -0.25) is 4.79 Å². The highest BCUT2D eigenvalue weighted by atomic mass is 16.5. The molecule has 0 fully saturated rings. The van der Waals surface area contributed by atoms with Gasteiger partial charge in [0.15, 0.2) is 0 Å². The summed E-state index contributed by atoms with van der Waals surface area (Å²) in [4.78, 5) is 11.8. The lowest BCUT2D eigenvalue weighted by molar-refractivity contribution is -0.134. The molecule has 0 saturated carbocycles. The van der Waals surface area contributed by atoms with Gasteiger partial charge in [0, 0.05) is 12.5 Å². The van der Waals surface area contributed by atoms with Gasteiger partial charge in [0.25, 0.3) is 0 Å². The van der Waals surface area contributed by atoms with E-state index in [-0.39, 0.29) is 5.97 Å². The van der Waals surface area contributed by atoms with Crippen LogP contribution in [0.2, 0.25) is 0 Å². The van der Waals surface area contributed by atoms with E-state index in [2.05, 4.69) is 18.1 Å². The van der Waals surface area contributed by atoms with E-state index in [0.29, 0.717) is 12.3 Å². The first-order chi connectivity index (χ1) is 10.0. The molecule has 0 unspecified atom stereocenters. The second kappa shape index (κ2) is 6.57. The van der Waals surface area contributed by atoms with Gasteiger partial charge in [-0.1, -0.05) is 31.5 Å². The van der Waals surface area contributed by atoms with E-state index < -0.39 is 0 Å². The number of esters is 1. The Morgan fingerprint density at radius 1 is 1.24 bits per heavy atom. The molecule has 2 aromatic rings. The van der Waals surface area contributed by atoms with Crippen LogP contribution in [0.15, 0.2) is 24.3 Å². The number of aromatic nitrogens is 2. The van der Waals surface area contributed by atoms with Gasteiger partial charge in [0.2, 0.25) is 5.88 Å². The second-order valence-corrected chi connectivity index (χ2v) is 5.25. The molecule has 21 heavy (non-hydrogen) atoms. The molecule has 1 heterocycles. The van der Waals surface area contributed by atoms with Crippen molar-refractivity contribution >= 4 is 5.97 Å². The Balaban J connectivity index is 2.41. The zero-order valence-corrected chi connectivity index (χ0v) is 13.1. The molecule has 0 aliphatic rings. The summed E-state index contributed by atoms with van der Waals surface area (Å²) in [5.74, 6) is 0.281. The first-order valence-electron chi connectivity index (χ1n) is 7.42. The monoisotopic (exact) mass is 286 g/mol. The van der Waals surface area contributed by atoms with Crippen molar-refractivity contribution in [3.8, 4) is 11.6 Å². The van der Waals surface area contributed by atoms with Gasteiger partial charge in [-0.05, 0) is 38.3 Å². The predicted octanol–water partition coefficient (Wildman–Crippen LogP) is 3.76. The summed E-state index contributed by atoms with van der Waals surface area (Å²) in [5.41, 5.74) is 4.16. The Kier molecular flexibility index (Phi) is 4.78. The van der Waals surface area contributed by atoms with Crippen molar-refractivity contribution in [2.45, 2.75) is 47.0 Å². The van der Waals surface area contributed by atoms with Crippen molar-refractivity contribution in [3.05, 3.63) is 41.1 Å². The van der Waals surface area contributed by atoms with E-state index in [1.165, 1.54) is 5.56 Å². The molecule has 0 aliphatic carbocycles. The SMILES string of the molecule is CCCC(=O)Oc1cc(CC)nn1-c1ccc(C)cc1C. The third-order valence-electron chi connectivity index (χ3n) is 3.34. The van der Waals surface area contributed by atoms with Gasteiger partial charge in [-0.15, -0.1) is 0 Å². The Bertz CT molecular complexity index is 644. The van der Waals surface area contributed by atoms with Crippen LogP contribution in [0.1, 0.15) is 43.5 Å². The third kappa shape index (κ3) is 3.51. The number of carbonyl (C=O) groups is 1. The fraction of sp³-hybridized carbons (Fsp3) is 0.412. The van der Waals surface area contributed by atoms with Gasteiger partial charge in [-0.25, -0.2) is 4.68 Å². The van der Waals surface area contributed by atoms with E-state index >= 15 is 0 Å². The van der Waals surface area contributed by atoms with Crippen LogP contribution in [0.5, 0.6) is 5.88 Å². The summed E-state index contributed by atoms with van der Waals surface area (Å²) in [7, 11) is 0. The Morgan fingerprint density at radius 3 is 2.62 bits per heavy atom. The molecule has 4 heteroatoms. The average molecular weight is 286 g/mol. The van der Waals surface area contributed by atoms with Gasteiger partial charge in [0.1, 0.15) is 0 Å². The molecule has 0 aliphatic heterocycles. The van der Waals surface area contributed by atoms with Crippen LogP contribution < -0.4 is 4.74 Å². The van der Waals surface area contributed by atoms with E-state index in [9.17, 15) is 4.79 Å². The molecule has 112 valence electrons. The maximum absolute atomic E-state index is 11.8. The standard InChI is InChI=1S/C17H22N2O2/c1-5-7-17(20)21-16-11-14(6-2)18-19(16)15-9-8-12(3)10-13(15)4/h8-11H,5-7H2,1-4H3. The molecule has 0 amide bonds. The van der Waals surface area contributed by atoms with Crippen molar-refractivity contribution in [1.29, 1.82) is 0 Å². The van der Waals surface area contributed by atoms with Crippen LogP contribution in [-0.4, -0.2) is 15.7 Å². The zero-order chi connectivity index (χ0) is 15.4. The minimum Gasteiger partial charge on any atom is -0.407 e. The summed E-state index contributed by atoms with van der Waals surface area (Å²) in [6.45, 7) is 8.08. The molecule has 2 rings (SSSR count). The number of hydrogen-bond acceptors (Lipinski definition) is 3. The zero-order valence-electron chi connectivity index (χ0n) is 13.1. The van der Waals surface area contributed by atoms with E-state index in [0.717, 1.165) is 29.8 Å². The van der Waals surface area contributed by atoms with E-state index in [1.807, 2.05) is 39.0 Å². The maximum atomic E-state index is 11.8. The van der Waals surface area contributed by atoms with E-state index in [4.69, 9.17) is 4.74 Å². The summed E-state index contributed by atoms with van der Waals surface area (Å²) in [6.07, 6.45) is 1.99. The molecule has 0 bridgehead atoms. The number of ether oxygens (including phenoxy) is 1. The second-order valence-electron chi connectivity index (χ2n) is 5.25. The molecule has 0 spiro atoms. The lowest BCUT2D eigenvalue weighted by Crippen LogP contribution is -2.11. The topological polar surface area (TPSA) is 44.1 Å². The number of aryl methyl sites for hydroxylation is 3. The van der Waals surface area contributed by atoms with Gasteiger partial charge >= 0.3 is 5.97 Å². The lowest BCUT2D eigenvalue weighted by Gasteiger charge is -2.10. The fourth-order valence-corrected chi connectivity index (χ4v) is 2.24. The summed E-state index contributed by atoms with van der Waals surface area (Å²) >= 11 is 0. The highest BCUT2D eigenvalue weighted by molar-refractivity contribution is 5.72. The molecule has 1 aromatic heterocycles. The average Bonchev–Trinajstić information content (AvgIpc) is 2.82. The van der Waals surface area contributed by atoms with Crippen LogP contribution in [0, 0.1) is 13.8 Å². The lowest BCUT2D eigenvalue weighted by atomic mass is 10.1. The van der Waals surface area contributed by atoms with Crippen LogP contribution in [0.4, 0.5) is 0 Å². The Morgan fingerprint density at radius 2 is 2.00 bits per heavy atom. The maximum Gasteiger partial charge on any atom is 0.312 e. The minimum atomic E-state index is -0.217. The van der Waals surface area contributed by atoms with Gasteiger partial charge < -0.3 is 4.74 Å². The quantitative estimate of drug-likeness (QED) is 0.786. The fourth-order valence-electron chi connectivity index (χ4n) is 2.24. The highest BCUT2D eigenvalue weighted by Crippen LogP contribution is 2.23. The number of hydrogen-bond donors (Lipinski definition) is 0. The summed E-state index contributed by atoms with van der Waals surface area (Å²) < 4.78 is 7.19. The molecule has 0 radical (unpaired) electrons. The first-order valence-corrected chi connectivity index (χ1v) is 7.42. The van der Waals surface area contributed by atoms with Crippen LogP contribution in [0.25, 0.3) is 5.69 Å². The van der Waals surface area contributed by atoms with Crippen molar-refractivity contribution < 1.29 is 9.53 Å². The molecular weight excluding hydrogens is 264 g/mol. The molecular formula is C17H22N2O2. The molecule has 1 aromatic carbocycles. The molecule has 0 atom stereocenters. The normalized spacial score (nSPS) is 10.7. The van der Waals surface area contributed by atoms with Crippen LogP contribution in [0.3, 0.4) is 0 Å². The number of benzene rings is 1. The minimum absolute atomic E-state index is 0.217. The Hall–Kier alpha value is -2.10. The molecule has 0 N–H and O–H groups in total. The molecule has 4 nitrogen and oxygen atoms in total. The largest absolute Gasteiger partial charge is 0.407 e. The van der Waals surface area contributed by atoms with Crippen molar-refractivity contribution in [2.75, 3.05) is 0 Å². The molecule has 0 saturated heterocycles. The first kappa shape index (κ1) is 15.3. The number of nitrogens with zero attached hydrogens (tertiary/aromatic N) is 2. The van der Waals surface area contributed by atoms with Crippen molar-refractivity contribution in [2.24, 2.45) is 0 Å². The van der Waals surface area contributed by atoms with Gasteiger partial charge in [0.05, 0.1) is 11.4 Å². The number of rotatable bonds is 5. The van der Waals surface area contributed by atoms with Crippen molar-refractivity contribution in [1.82, 2.24) is 9.78 Å². The van der Waals surface area contributed by atoms with E-state index in [1.54, 1.807) is 4.68 Å². The highest BCUT2D eigenvalue weighted by Gasteiger charge is 2.15. The van der Waals surface area contributed by atoms with Crippen LogP contribution >= 0.6 is 0 Å². The van der Waals surface area contributed by atoms with Crippen molar-refractivity contribution in [3.63, 3.8) is 0 Å².